The third-order valence-corrected chi connectivity index (χ3v) is 4.56. The Hall–Kier alpha value is -2.33. The van der Waals surface area contributed by atoms with Gasteiger partial charge in [-0.1, -0.05) is 23.7 Å². The molecule has 0 atom stereocenters. The summed E-state index contributed by atoms with van der Waals surface area (Å²) in [6.45, 7) is 0.251. The number of fused-ring (bicyclic) bond motifs is 2. The summed E-state index contributed by atoms with van der Waals surface area (Å²) in [4.78, 5) is 12.5. The Morgan fingerprint density at radius 1 is 1.17 bits per heavy atom. The number of halogens is 2. The lowest BCUT2D eigenvalue weighted by Crippen LogP contribution is -2.08. The minimum atomic E-state index is -0.293. The molecule has 122 valence electrons. The fourth-order valence-electron chi connectivity index (χ4n) is 3.01. The van der Waals surface area contributed by atoms with Crippen LogP contribution in [-0.4, -0.2) is 0 Å². The lowest BCUT2D eigenvalue weighted by atomic mass is 10.1. The van der Waals surface area contributed by atoms with Crippen LogP contribution in [0.3, 0.4) is 0 Å². The van der Waals surface area contributed by atoms with E-state index < -0.39 is 0 Å². The summed E-state index contributed by atoms with van der Waals surface area (Å²) in [6.07, 6.45) is 2.48. The Kier molecular flexibility index (Phi) is 3.77. The van der Waals surface area contributed by atoms with Crippen LogP contribution < -0.4 is 10.2 Å². The molecule has 0 saturated heterocycles. The highest BCUT2D eigenvalue weighted by Crippen LogP contribution is 2.32. The van der Waals surface area contributed by atoms with E-state index in [4.69, 9.17) is 20.8 Å². The van der Waals surface area contributed by atoms with Gasteiger partial charge in [-0.15, -0.1) is 0 Å². The molecule has 0 radical (unpaired) electrons. The molecule has 0 fully saturated rings. The fraction of sp³-hybridized carbons (Fsp3) is 0.211. The van der Waals surface area contributed by atoms with Gasteiger partial charge in [0.1, 0.15) is 29.5 Å². The smallest absolute Gasteiger partial charge is 0.196 e. The van der Waals surface area contributed by atoms with Gasteiger partial charge in [-0.25, -0.2) is 4.39 Å². The molecule has 0 N–H and O–H groups in total. The van der Waals surface area contributed by atoms with Crippen LogP contribution in [0, 0.1) is 5.82 Å². The molecule has 1 aromatic heterocycles. The molecule has 0 bridgehead atoms. The average Bonchev–Trinajstić information content (AvgIpc) is 3.04. The lowest BCUT2D eigenvalue weighted by molar-refractivity contribution is 0.306. The van der Waals surface area contributed by atoms with Gasteiger partial charge in [-0.3, -0.25) is 4.79 Å². The SMILES string of the molecule is O=c1c2c(oc3cc(OCc4ccc(F)cc4)c(Cl)cc13)CCC2. The highest BCUT2D eigenvalue weighted by atomic mass is 35.5. The van der Waals surface area contributed by atoms with Crippen molar-refractivity contribution in [2.24, 2.45) is 0 Å². The summed E-state index contributed by atoms with van der Waals surface area (Å²) < 4.78 is 24.5. The summed E-state index contributed by atoms with van der Waals surface area (Å²) in [5.41, 5.74) is 2.07. The van der Waals surface area contributed by atoms with Gasteiger partial charge in [0.05, 0.1) is 10.4 Å². The molecule has 0 spiro atoms. The van der Waals surface area contributed by atoms with Crippen molar-refractivity contribution in [2.75, 3.05) is 0 Å². The van der Waals surface area contributed by atoms with Crippen molar-refractivity contribution in [1.29, 1.82) is 0 Å². The number of benzene rings is 2. The zero-order chi connectivity index (χ0) is 16.7. The van der Waals surface area contributed by atoms with Crippen molar-refractivity contribution in [3.05, 3.63) is 74.3 Å². The molecule has 1 heterocycles. The maximum atomic E-state index is 12.9. The van der Waals surface area contributed by atoms with E-state index in [0.717, 1.165) is 36.1 Å². The van der Waals surface area contributed by atoms with Crippen molar-refractivity contribution < 1.29 is 13.5 Å². The Bertz CT molecular complexity index is 977. The van der Waals surface area contributed by atoms with Gasteiger partial charge in [0, 0.05) is 18.1 Å². The second-order valence-electron chi connectivity index (χ2n) is 5.88. The van der Waals surface area contributed by atoms with Crippen molar-refractivity contribution in [3.8, 4) is 5.75 Å². The van der Waals surface area contributed by atoms with Crippen LogP contribution in [0.4, 0.5) is 4.39 Å². The van der Waals surface area contributed by atoms with Crippen LogP contribution in [0.1, 0.15) is 23.3 Å². The van der Waals surface area contributed by atoms with Gasteiger partial charge in [0.15, 0.2) is 5.43 Å². The van der Waals surface area contributed by atoms with Gasteiger partial charge in [0.25, 0.3) is 0 Å². The van der Waals surface area contributed by atoms with E-state index in [9.17, 15) is 9.18 Å². The molecule has 2 aromatic carbocycles. The van der Waals surface area contributed by atoms with Crippen LogP contribution in [0.5, 0.6) is 5.75 Å². The molecule has 1 aliphatic rings. The average molecular weight is 345 g/mol. The van der Waals surface area contributed by atoms with Gasteiger partial charge < -0.3 is 9.15 Å². The summed E-state index contributed by atoms with van der Waals surface area (Å²) in [7, 11) is 0. The maximum Gasteiger partial charge on any atom is 0.196 e. The van der Waals surface area contributed by atoms with E-state index in [2.05, 4.69) is 0 Å². The van der Waals surface area contributed by atoms with Gasteiger partial charge in [-0.2, -0.15) is 0 Å². The molecule has 0 amide bonds. The Labute approximate surface area is 142 Å². The molecular formula is C19H14ClFO3. The van der Waals surface area contributed by atoms with E-state index in [1.807, 2.05) is 0 Å². The summed E-state index contributed by atoms with van der Waals surface area (Å²) in [5, 5.41) is 0.838. The number of hydrogen-bond acceptors (Lipinski definition) is 3. The largest absolute Gasteiger partial charge is 0.487 e. The van der Waals surface area contributed by atoms with Crippen LogP contribution >= 0.6 is 11.6 Å². The molecule has 3 nitrogen and oxygen atoms in total. The number of rotatable bonds is 3. The topological polar surface area (TPSA) is 39.4 Å². The van der Waals surface area contributed by atoms with Crippen LogP contribution in [0.25, 0.3) is 11.0 Å². The molecule has 3 aromatic rings. The number of hydrogen-bond donors (Lipinski definition) is 0. The van der Waals surface area contributed by atoms with Crippen LogP contribution in [-0.2, 0) is 19.4 Å². The van der Waals surface area contributed by atoms with Crippen molar-refractivity contribution in [2.45, 2.75) is 25.9 Å². The van der Waals surface area contributed by atoms with E-state index in [0.29, 0.717) is 21.7 Å². The molecule has 5 heteroatoms. The van der Waals surface area contributed by atoms with E-state index in [1.54, 1.807) is 24.3 Å². The number of aryl methyl sites for hydroxylation is 1. The monoisotopic (exact) mass is 344 g/mol. The molecule has 24 heavy (non-hydrogen) atoms. The van der Waals surface area contributed by atoms with Gasteiger partial charge >= 0.3 is 0 Å². The molecule has 0 unspecified atom stereocenters. The fourth-order valence-corrected chi connectivity index (χ4v) is 3.23. The first-order valence-corrected chi connectivity index (χ1v) is 8.15. The van der Waals surface area contributed by atoms with Crippen molar-refractivity contribution in [3.63, 3.8) is 0 Å². The Balaban J connectivity index is 1.68. The van der Waals surface area contributed by atoms with Crippen molar-refractivity contribution in [1.82, 2.24) is 0 Å². The Morgan fingerprint density at radius 3 is 2.75 bits per heavy atom. The quantitative estimate of drug-likeness (QED) is 0.694. The number of ether oxygens (including phenoxy) is 1. The molecule has 4 rings (SSSR count). The van der Waals surface area contributed by atoms with E-state index in [1.165, 1.54) is 12.1 Å². The second-order valence-corrected chi connectivity index (χ2v) is 6.29. The minimum absolute atomic E-state index is 0.00395. The summed E-state index contributed by atoms with van der Waals surface area (Å²) >= 11 is 6.25. The first-order chi connectivity index (χ1) is 11.6. The first-order valence-electron chi connectivity index (χ1n) is 7.77. The highest BCUT2D eigenvalue weighted by Gasteiger charge is 2.20. The lowest BCUT2D eigenvalue weighted by Gasteiger charge is -2.10. The summed E-state index contributed by atoms with van der Waals surface area (Å²) in [5.74, 6) is 0.909. The molecule has 1 aliphatic carbocycles. The van der Waals surface area contributed by atoms with Crippen LogP contribution in [0.2, 0.25) is 5.02 Å². The van der Waals surface area contributed by atoms with Crippen LogP contribution in [0.15, 0.2) is 45.6 Å². The molecule has 0 saturated carbocycles. The predicted octanol–water partition coefficient (Wildman–Crippen LogP) is 4.65. The van der Waals surface area contributed by atoms with Crippen molar-refractivity contribution >= 4 is 22.6 Å². The predicted molar refractivity (Wildman–Crippen MR) is 90.3 cm³/mol. The normalized spacial score (nSPS) is 13.2. The standard InChI is InChI=1S/C19H14ClFO3/c20-15-8-14-17(24-16-3-1-2-13(16)19(14)22)9-18(15)23-10-11-4-6-12(21)7-5-11/h4-9H,1-3,10H2. The third-order valence-electron chi connectivity index (χ3n) is 4.26. The maximum absolute atomic E-state index is 12.9. The molecular weight excluding hydrogens is 331 g/mol. The van der Waals surface area contributed by atoms with Gasteiger partial charge in [-0.05, 0) is 36.6 Å². The van der Waals surface area contributed by atoms with E-state index >= 15 is 0 Å². The minimum Gasteiger partial charge on any atom is -0.487 e. The zero-order valence-corrected chi connectivity index (χ0v) is 13.5. The van der Waals surface area contributed by atoms with E-state index in [-0.39, 0.29) is 17.9 Å². The second kappa shape index (κ2) is 5.95. The zero-order valence-electron chi connectivity index (χ0n) is 12.8. The molecule has 0 aliphatic heterocycles. The highest BCUT2D eigenvalue weighted by molar-refractivity contribution is 6.32. The first kappa shape index (κ1) is 15.2. The van der Waals surface area contributed by atoms with Gasteiger partial charge in [0.2, 0.25) is 0 Å². The third kappa shape index (κ3) is 2.67. The Morgan fingerprint density at radius 2 is 1.96 bits per heavy atom. The summed E-state index contributed by atoms with van der Waals surface area (Å²) in [6, 6.07) is 9.31.